The van der Waals surface area contributed by atoms with E-state index >= 15 is 0 Å². The lowest BCUT2D eigenvalue weighted by atomic mass is 10.2. The number of aryl methyl sites for hydroxylation is 1. The minimum Gasteiger partial charge on any atom is -0.481 e. The zero-order valence-electron chi connectivity index (χ0n) is 12.6. The molecule has 0 fully saturated rings. The molecule has 1 unspecified atom stereocenters. The molecule has 1 amide bonds. The fraction of sp³-hybridized carbons (Fsp3) is 0.538. The van der Waals surface area contributed by atoms with E-state index < -0.39 is 5.97 Å². The number of nitrogens with zero attached hydrogens (tertiary/aromatic N) is 4. The Hall–Kier alpha value is -2.09. The number of hydrogen-bond donors (Lipinski definition) is 2. The normalized spacial score (nSPS) is 12.5. The average molecular weight is 328 g/mol. The van der Waals surface area contributed by atoms with Crippen molar-refractivity contribution in [1.82, 2.24) is 24.7 Å². The Labute approximate surface area is 132 Å². The lowest BCUT2D eigenvalue weighted by Gasteiger charge is -2.23. The Bertz CT molecular complexity index is 708. The maximum atomic E-state index is 12.1. The van der Waals surface area contributed by atoms with Gasteiger partial charge in [0.25, 0.3) is 0 Å². The van der Waals surface area contributed by atoms with Crippen molar-refractivity contribution in [2.24, 2.45) is 0 Å². The van der Waals surface area contributed by atoms with Gasteiger partial charge in [-0.2, -0.15) is 14.7 Å². The van der Waals surface area contributed by atoms with Gasteiger partial charge in [0.2, 0.25) is 5.91 Å². The number of carbonyl (C=O) groups excluding carboxylic acids is 1. The molecule has 120 valence electrons. The minimum absolute atomic E-state index is 0.0193. The van der Waals surface area contributed by atoms with Crippen LogP contribution in [0.25, 0.3) is 5.65 Å². The van der Waals surface area contributed by atoms with Crippen molar-refractivity contribution in [3.05, 3.63) is 16.5 Å². The Morgan fingerprint density at radius 1 is 1.45 bits per heavy atom. The molecule has 22 heavy (non-hydrogen) atoms. The predicted octanol–water partition coefficient (Wildman–Crippen LogP) is 1.79. The van der Waals surface area contributed by atoms with Crippen LogP contribution in [-0.2, 0) is 9.59 Å². The van der Waals surface area contributed by atoms with Gasteiger partial charge in [0.05, 0.1) is 11.7 Å². The number of aromatic amines is 1. The summed E-state index contributed by atoms with van der Waals surface area (Å²) in [6, 6.07) is -0.318. The summed E-state index contributed by atoms with van der Waals surface area (Å²) in [5, 5.41) is 20.4. The van der Waals surface area contributed by atoms with E-state index in [1.165, 1.54) is 4.90 Å². The third kappa shape index (κ3) is 3.06. The molecule has 2 rings (SSSR count). The van der Waals surface area contributed by atoms with Crippen LogP contribution in [0.3, 0.4) is 0 Å². The summed E-state index contributed by atoms with van der Waals surface area (Å²) in [4.78, 5) is 24.1. The number of carboxylic acids is 1. The van der Waals surface area contributed by atoms with Gasteiger partial charge in [-0.3, -0.25) is 14.7 Å². The zero-order chi connectivity index (χ0) is 16.4. The molecule has 0 aliphatic rings. The number of carboxylic acid groups (broad SMARTS) is 1. The lowest BCUT2D eigenvalue weighted by molar-refractivity contribution is -0.137. The molecule has 0 aromatic carbocycles. The van der Waals surface area contributed by atoms with E-state index in [-0.39, 0.29) is 24.8 Å². The standard InChI is InChI=1S/C13H18ClN5O3/c1-7-11(14)13-16-15-12(19(13)17-7)8(2)18(3)9(20)5-4-6-10(21)22/h8,16H,4-6H2,1-3H3,(H,21,22). The smallest absolute Gasteiger partial charge is 0.303 e. The van der Waals surface area contributed by atoms with Crippen molar-refractivity contribution in [3.8, 4) is 0 Å². The average Bonchev–Trinajstić information content (AvgIpc) is 2.98. The molecule has 8 nitrogen and oxygen atoms in total. The van der Waals surface area contributed by atoms with E-state index in [2.05, 4.69) is 15.3 Å². The van der Waals surface area contributed by atoms with Crippen LogP contribution < -0.4 is 0 Å². The van der Waals surface area contributed by atoms with Crippen LogP contribution in [0.5, 0.6) is 0 Å². The predicted molar refractivity (Wildman–Crippen MR) is 79.8 cm³/mol. The van der Waals surface area contributed by atoms with E-state index in [1.807, 2.05) is 6.92 Å². The van der Waals surface area contributed by atoms with Crippen LogP contribution in [0.4, 0.5) is 0 Å². The van der Waals surface area contributed by atoms with Crippen molar-refractivity contribution >= 4 is 29.1 Å². The maximum absolute atomic E-state index is 12.1. The summed E-state index contributed by atoms with van der Waals surface area (Å²) in [6.07, 6.45) is 0.474. The summed E-state index contributed by atoms with van der Waals surface area (Å²) in [6.45, 7) is 3.62. The van der Waals surface area contributed by atoms with Crippen LogP contribution >= 0.6 is 11.6 Å². The highest BCUT2D eigenvalue weighted by Crippen LogP contribution is 2.24. The number of rotatable bonds is 6. The fourth-order valence-corrected chi connectivity index (χ4v) is 2.31. The Morgan fingerprint density at radius 3 is 2.77 bits per heavy atom. The molecule has 9 heteroatoms. The molecule has 2 aromatic heterocycles. The van der Waals surface area contributed by atoms with E-state index in [1.54, 1.807) is 18.5 Å². The monoisotopic (exact) mass is 327 g/mol. The van der Waals surface area contributed by atoms with Gasteiger partial charge in [-0.25, -0.2) is 0 Å². The van der Waals surface area contributed by atoms with Crippen molar-refractivity contribution in [3.63, 3.8) is 0 Å². The third-order valence-electron chi connectivity index (χ3n) is 3.61. The Morgan fingerprint density at radius 2 is 2.14 bits per heavy atom. The second-order valence-corrected chi connectivity index (χ2v) is 5.55. The van der Waals surface area contributed by atoms with Crippen molar-refractivity contribution in [2.75, 3.05) is 7.05 Å². The first-order valence-electron chi connectivity index (χ1n) is 6.89. The molecular formula is C13H18ClN5O3. The number of amides is 1. The van der Waals surface area contributed by atoms with Gasteiger partial charge < -0.3 is 10.0 Å². The van der Waals surface area contributed by atoms with Crippen LogP contribution in [-0.4, -0.2) is 48.7 Å². The molecule has 0 aliphatic carbocycles. The van der Waals surface area contributed by atoms with Crippen molar-refractivity contribution in [1.29, 1.82) is 0 Å². The lowest BCUT2D eigenvalue weighted by Crippen LogP contribution is -2.30. The first kappa shape index (κ1) is 16.3. The van der Waals surface area contributed by atoms with Crippen molar-refractivity contribution in [2.45, 2.75) is 39.2 Å². The topological polar surface area (TPSA) is 104 Å². The minimum atomic E-state index is -0.904. The first-order chi connectivity index (χ1) is 10.3. The molecule has 1 atom stereocenters. The van der Waals surface area contributed by atoms with Gasteiger partial charge >= 0.3 is 5.97 Å². The van der Waals surface area contributed by atoms with Gasteiger partial charge in [0.15, 0.2) is 11.5 Å². The summed E-state index contributed by atoms with van der Waals surface area (Å²) in [5.41, 5.74) is 1.27. The molecule has 2 heterocycles. The zero-order valence-corrected chi connectivity index (χ0v) is 13.4. The van der Waals surface area contributed by atoms with Crippen LogP contribution in [0, 0.1) is 6.92 Å². The van der Waals surface area contributed by atoms with E-state index in [9.17, 15) is 9.59 Å². The summed E-state index contributed by atoms with van der Waals surface area (Å²) in [5.74, 6) is -0.474. The Kier molecular flexibility index (Phi) is 4.70. The van der Waals surface area contributed by atoms with E-state index in [0.717, 1.165) is 0 Å². The number of hydrogen-bond acceptors (Lipinski definition) is 4. The maximum Gasteiger partial charge on any atom is 0.303 e. The molecule has 2 N–H and O–H groups in total. The first-order valence-corrected chi connectivity index (χ1v) is 7.27. The SMILES string of the molecule is Cc1nn2c(C(C)N(C)C(=O)CCCC(=O)O)n[nH]c2c1Cl. The quantitative estimate of drug-likeness (QED) is 0.841. The number of halogens is 1. The van der Waals surface area contributed by atoms with Crippen LogP contribution in [0.2, 0.25) is 5.02 Å². The second kappa shape index (κ2) is 6.35. The fourth-order valence-electron chi connectivity index (χ4n) is 2.15. The number of aliphatic carboxylic acids is 1. The number of fused-ring (bicyclic) bond motifs is 1. The number of carbonyl (C=O) groups is 2. The number of H-pyrrole nitrogens is 1. The van der Waals surface area contributed by atoms with Gasteiger partial charge in [-0.15, -0.1) is 0 Å². The summed E-state index contributed by atoms with van der Waals surface area (Å²) >= 11 is 6.11. The number of nitrogens with one attached hydrogen (secondary N) is 1. The van der Waals surface area contributed by atoms with Gasteiger partial charge in [-0.1, -0.05) is 11.6 Å². The Balaban J connectivity index is 2.11. The molecule has 0 spiro atoms. The molecule has 0 saturated heterocycles. The molecule has 0 aliphatic heterocycles. The van der Waals surface area contributed by atoms with E-state index in [0.29, 0.717) is 28.6 Å². The van der Waals surface area contributed by atoms with Gasteiger partial charge in [-0.05, 0) is 20.3 Å². The van der Waals surface area contributed by atoms with E-state index in [4.69, 9.17) is 16.7 Å². The molecular weight excluding hydrogens is 310 g/mol. The molecule has 0 bridgehead atoms. The van der Waals surface area contributed by atoms with Crippen LogP contribution in [0.15, 0.2) is 0 Å². The second-order valence-electron chi connectivity index (χ2n) is 5.17. The molecule has 0 radical (unpaired) electrons. The highest BCUT2D eigenvalue weighted by molar-refractivity contribution is 6.34. The largest absolute Gasteiger partial charge is 0.481 e. The highest BCUT2D eigenvalue weighted by Gasteiger charge is 2.24. The highest BCUT2D eigenvalue weighted by atomic mass is 35.5. The van der Waals surface area contributed by atoms with Crippen molar-refractivity contribution < 1.29 is 14.7 Å². The van der Waals surface area contributed by atoms with Gasteiger partial charge in [0.1, 0.15) is 5.02 Å². The molecule has 0 saturated carbocycles. The van der Waals surface area contributed by atoms with Gasteiger partial charge in [0, 0.05) is 19.9 Å². The van der Waals surface area contributed by atoms with Crippen LogP contribution in [0.1, 0.15) is 43.7 Å². The molecule has 2 aromatic rings. The third-order valence-corrected chi connectivity index (χ3v) is 4.06. The number of aromatic nitrogens is 4. The summed E-state index contributed by atoms with van der Waals surface area (Å²) < 4.78 is 1.59. The summed E-state index contributed by atoms with van der Waals surface area (Å²) in [7, 11) is 1.66.